The minimum Gasteiger partial charge on any atom is -0.378 e. The van der Waals surface area contributed by atoms with Crippen LogP contribution in [0.3, 0.4) is 0 Å². The molecule has 2 aromatic rings. The Morgan fingerprint density at radius 3 is 3.00 bits per heavy atom. The number of aromatic nitrogens is 1. The summed E-state index contributed by atoms with van der Waals surface area (Å²) in [6, 6.07) is 11.0. The van der Waals surface area contributed by atoms with Crippen molar-refractivity contribution in [1.29, 1.82) is 5.26 Å². The lowest BCUT2D eigenvalue weighted by molar-refractivity contribution is 0.587. The van der Waals surface area contributed by atoms with Gasteiger partial charge in [0.2, 0.25) is 5.56 Å². The fraction of sp³-hybridized carbons (Fsp3) is 0.250. The van der Waals surface area contributed by atoms with Crippen molar-refractivity contribution in [3.05, 3.63) is 62.5 Å². The molecule has 0 aliphatic heterocycles. The van der Waals surface area contributed by atoms with E-state index in [4.69, 9.17) is 16.9 Å². The fourth-order valence-corrected chi connectivity index (χ4v) is 2.91. The van der Waals surface area contributed by atoms with Crippen LogP contribution in [0.4, 0.5) is 5.69 Å². The highest BCUT2D eigenvalue weighted by molar-refractivity contribution is 6.31. The van der Waals surface area contributed by atoms with E-state index in [1.807, 2.05) is 12.1 Å². The van der Waals surface area contributed by atoms with E-state index in [1.165, 1.54) is 0 Å². The van der Waals surface area contributed by atoms with Crippen LogP contribution in [0.2, 0.25) is 5.02 Å². The molecular weight excluding hydrogens is 286 g/mol. The summed E-state index contributed by atoms with van der Waals surface area (Å²) in [6.07, 6.45) is 2.90. The normalized spacial score (nSPS) is 16.9. The number of H-pyrrole nitrogens is 1. The summed E-state index contributed by atoms with van der Waals surface area (Å²) >= 11 is 5.95. The Kier molecular flexibility index (Phi) is 3.68. The van der Waals surface area contributed by atoms with E-state index in [0.29, 0.717) is 10.6 Å². The summed E-state index contributed by atoms with van der Waals surface area (Å²) in [5, 5.41) is 12.9. The third kappa shape index (κ3) is 2.79. The van der Waals surface area contributed by atoms with Gasteiger partial charge in [-0.2, -0.15) is 5.26 Å². The van der Waals surface area contributed by atoms with Crippen LogP contribution in [-0.4, -0.2) is 4.98 Å². The van der Waals surface area contributed by atoms with Crippen molar-refractivity contribution in [1.82, 2.24) is 4.98 Å². The Morgan fingerprint density at radius 1 is 1.33 bits per heavy atom. The number of nitriles is 1. The number of hydrogen-bond acceptors (Lipinski definition) is 3. The number of hydrogen-bond donors (Lipinski definition) is 2. The van der Waals surface area contributed by atoms with E-state index < -0.39 is 0 Å². The molecule has 5 heteroatoms. The van der Waals surface area contributed by atoms with E-state index in [-0.39, 0.29) is 11.6 Å². The molecule has 4 nitrogen and oxygen atoms in total. The third-order valence-corrected chi connectivity index (χ3v) is 4.09. The molecule has 1 aliphatic carbocycles. The van der Waals surface area contributed by atoms with Crippen LogP contribution in [-0.2, 0) is 6.42 Å². The van der Waals surface area contributed by atoms with Crippen LogP contribution in [0.1, 0.15) is 35.7 Å². The van der Waals surface area contributed by atoms with Crippen molar-refractivity contribution < 1.29 is 0 Å². The Morgan fingerprint density at radius 2 is 2.19 bits per heavy atom. The molecule has 1 aliphatic rings. The molecule has 2 N–H and O–H groups in total. The number of nitrogens with one attached hydrogen (secondary N) is 2. The first-order valence-electron chi connectivity index (χ1n) is 6.85. The molecule has 106 valence electrons. The molecule has 0 radical (unpaired) electrons. The van der Waals surface area contributed by atoms with Crippen molar-refractivity contribution in [3.8, 4) is 6.07 Å². The predicted octanol–water partition coefficient (Wildman–Crippen LogP) is 3.39. The quantitative estimate of drug-likeness (QED) is 0.893. The Bertz CT molecular complexity index is 776. The van der Waals surface area contributed by atoms with Gasteiger partial charge in [-0.1, -0.05) is 11.6 Å². The topological polar surface area (TPSA) is 68.7 Å². The SMILES string of the molecule is N#Cc1cc(NC2CCCc3[nH]c(=O)ccc32)ccc1Cl. The van der Waals surface area contributed by atoms with Gasteiger partial charge in [-0.05, 0) is 49.1 Å². The number of aromatic amines is 1. The van der Waals surface area contributed by atoms with Gasteiger partial charge >= 0.3 is 0 Å². The van der Waals surface area contributed by atoms with Crippen molar-refractivity contribution in [2.75, 3.05) is 5.32 Å². The van der Waals surface area contributed by atoms with E-state index in [1.54, 1.807) is 18.2 Å². The minimum absolute atomic E-state index is 0.0624. The van der Waals surface area contributed by atoms with Gasteiger partial charge in [-0.15, -0.1) is 0 Å². The zero-order chi connectivity index (χ0) is 14.8. The predicted molar refractivity (Wildman–Crippen MR) is 82.5 cm³/mol. The Balaban J connectivity index is 1.90. The molecule has 1 heterocycles. The van der Waals surface area contributed by atoms with Gasteiger partial charge in [0.1, 0.15) is 6.07 Å². The molecule has 1 atom stereocenters. The summed E-state index contributed by atoms with van der Waals surface area (Å²) in [5.74, 6) is 0. The molecule has 1 aromatic heterocycles. The van der Waals surface area contributed by atoms with Crippen LogP contribution in [0.5, 0.6) is 0 Å². The Hall–Kier alpha value is -2.25. The maximum Gasteiger partial charge on any atom is 0.248 e. The van der Waals surface area contributed by atoms with Gasteiger partial charge in [0.05, 0.1) is 16.6 Å². The molecule has 1 aromatic carbocycles. The second-order valence-electron chi connectivity index (χ2n) is 5.15. The molecule has 0 bridgehead atoms. The lowest BCUT2D eigenvalue weighted by Crippen LogP contribution is -2.21. The molecule has 0 saturated heterocycles. The van der Waals surface area contributed by atoms with Crippen LogP contribution >= 0.6 is 11.6 Å². The number of fused-ring (bicyclic) bond motifs is 1. The van der Waals surface area contributed by atoms with Crippen LogP contribution in [0, 0.1) is 11.3 Å². The average Bonchev–Trinajstić information content (AvgIpc) is 2.49. The molecule has 0 saturated carbocycles. The first-order chi connectivity index (χ1) is 10.2. The number of halogens is 1. The third-order valence-electron chi connectivity index (χ3n) is 3.76. The fourth-order valence-electron chi connectivity index (χ4n) is 2.75. The zero-order valence-electron chi connectivity index (χ0n) is 11.3. The van der Waals surface area contributed by atoms with Crippen LogP contribution in [0.25, 0.3) is 0 Å². The molecule has 21 heavy (non-hydrogen) atoms. The smallest absolute Gasteiger partial charge is 0.248 e. The van der Waals surface area contributed by atoms with Gasteiger partial charge in [-0.3, -0.25) is 4.79 Å². The second kappa shape index (κ2) is 5.63. The number of pyridine rings is 1. The van der Waals surface area contributed by atoms with Gasteiger partial charge in [-0.25, -0.2) is 0 Å². The standard InChI is InChI=1S/C16H14ClN3O/c17-13-6-4-11(8-10(13)9-18)19-14-2-1-3-15-12(14)5-7-16(21)20-15/h4-8,14,19H,1-3H2,(H,20,21). The molecule has 0 amide bonds. The van der Waals surface area contributed by atoms with E-state index in [0.717, 1.165) is 36.2 Å². The lowest BCUT2D eigenvalue weighted by Gasteiger charge is -2.26. The number of nitrogens with zero attached hydrogens (tertiary/aromatic N) is 1. The minimum atomic E-state index is -0.0624. The highest BCUT2D eigenvalue weighted by Gasteiger charge is 2.20. The molecule has 0 fully saturated rings. The average molecular weight is 300 g/mol. The summed E-state index contributed by atoms with van der Waals surface area (Å²) < 4.78 is 0. The van der Waals surface area contributed by atoms with Gasteiger partial charge in [0.15, 0.2) is 0 Å². The highest BCUT2D eigenvalue weighted by Crippen LogP contribution is 2.31. The number of benzene rings is 1. The summed E-state index contributed by atoms with van der Waals surface area (Å²) in [5.41, 5.74) is 3.38. The summed E-state index contributed by atoms with van der Waals surface area (Å²) in [4.78, 5) is 14.3. The van der Waals surface area contributed by atoms with Crippen LogP contribution < -0.4 is 10.9 Å². The second-order valence-corrected chi connectivity index (χ2v) is 5.56. The molecule has 0 spiro atoms. The van der Waals surface area contributed by atoms with Crippen molar-refractivity contribution in [3.63, 3.8) is 0 Å². The van der Waals surface area contributed by atoms with Gasteiger partial charge < -0.3 is 10.3 Å². The van der Waals surface area contributed by atoms with Crippen molar-refractivity contribution >= 4 is 17.3 Å². The summed E-state index contributed by atoms with van der Waals surface area (Å²) in [6.45, 7) is 0. The molecule has 1 unspecified atom stereocenters. The number of rotatable bonds is 2. The van der Waals surface area contributed by atoms with E-state index in [9.17, 15) is 4.79 Å². The first-order valence-corrected chi connectivity index (χ1v) is 7.23. The largest absolute Gasteiger partial charge is 0.378 e. The van der Waals surface area contributed by atoms with Gasteiger partial charge in [0.25, 0.3) is 0 Å². The van der Waals surface area contributed by atoms with E-state index >= 15 is 0 Å². The molecular formula is C16H14ClN3O. The summed E-state index contributed by atoms with van der Waals surface area (Å²) in [7, 11) is 0. The zero-order valence-corrected chi connectivity index (χ0v) is 12.1. The Labute approximate surface area is 127 Å². The maximum atomic E-state index is 11.4. The van der Waals surface area contributed by atoms with Gasteiger partial charge in [0, 0.05) is 17.4 Å². The number of anilines is 1. The monoisotopic (exact) mass is 299 g/mol. The van der Waals surface area contributed by atoms with Crippen LogP contribution in [0.15, 0.2) is 35.1 Å². The first kappa shape index (κ1) is 13.7. The maximum absolute atomic E-state index is 11.4. The van der Waals surface area contributed by atoms with E-state index in [2.05, 4.69) is 16.4 Å². The highest BCUT2D eigenvalue weighted by atomic mass is 35.5. The lowest BCUT2D eigenvalue weighted by atomic mass is 9.91. The van der Waals surface area contributed by atoms with Crippen molar-refractivity contribution in [2.45, 2.75) is 25.3 Å². The number of aryl methyl sites for hydroxylation is 1. The molecule has 3 rings (SSSR count). The van der Waals surface area contributed by atoms with Crippen molar-refractivity contribution in [2.24, 2.45) is 0 Å².